The van der Waals surface area contributed by atoms with Gasteiger partial charge in [-0.2, -0.15) is 13.2 Å². The van der Waals surface area contributed by atoms with Crippen molar-refractivity contribution in [2.45, 2.75) is 69.6 Å². The lowest BCUT2D eigenvalue weighted by molar-refractivity contribution is -0.201. The van der Waals surface area contributed by atoms with Crippen molar-refractivity contribution in [1.82, 2.24) is 4.90 Å². The second kappa shape index (κ2) is 6.55. The van der Waals surface area contributed by atoms with E-state index in [4.69, 9.17) is 5.73 Å². The molecule has 0 spiro atoms. The largest absolute Gasteiger partial charge is 0.392 e. The van der Waals surface area contributed by atoms with Crippen LogP contribution in [-0.4, -0.2) is 36.1 Å². The molecule has 21 heavy (non-hydrogen) atoms. The minimum Gasteiger partial charge on any atom is -0.343 e. The zero-order chi connectivity index (χ0) is 15.6. The van der Waals surface area contributed by atoms with Crippen LogP contribution in [0.1, 0.15) is 51.4 Å². The highest BCUT2D eigenvalue weighted by atomic mass is 19.4. The molecule has 0 aliphatic heterocycles. The predicted molar refractivity (Wildman–Crippen MR) is 74.5 cm³/mol. The Bertz CT molecular complexity index is 364. The number of halogens is 3. The molecular formula is C15H25F3N2O. The van der Waals surface area contributed by atoms with E-state index in [2.05, 4.69) is 0 Å². The zero-order valence-corrected chi connectivity index (χ0v) is 12.5. The maximum absolute atomic E-state index is 13.1. The van der Waals surface area contributed by atoms with Crippen molar-refractivity contribution in [1.29, 1.82) is 0 Å². The maximum atomic E-state index is 13.1. The Kier molecular flexibility index (Phi) is 5.17. The van der Waals surface area contributed by atoms with Gasteiger partial charge in [-0.25, -0.2) is 0 Å². The maximum Gasteiger partial charge on any atom is 0.392 e. The molecule has 2 N–H and O–H groups in total. The average Bonchev–Trinajstić information content (AvgIpc) is 2.45. The summed E-state index contributed by atoms with van der Waals surface area (Å²) >= 11 is 0. The number of nitrogens with two attached hydrogens (primary N) is 1. The minimum atomic E-state index is -4.27. The third-order valence-corrected chi connectivity index (χ3v) is 5.14. The van der Waals surface area contributed by atoms with Crippen molar-refractivity contribution in [3.05, 3.63) is 0 Å². The Morgan fingerprint density at radius 1 is 1.05 bits per heavy atom. The monoisotopic (exact) mass is 306 g/mol. The Morgan fingerprint density at radius 3 is 2.19 bits per heavy atom. The molecule has 2 aliphatic rings. The third kappa shape index (κ3) is 3.90. The van der Waals surface area contributed by atoms with Crippen LogP contribution in [0, 0.1) is 11.8 Å². The van der Waals surface area contributed by atoms with E-state index < -0.39 is 18.0 Å². The van der Waals surface area contributed by atoms with Crippen molar-refractivity contribution in [2.24, 2.45) is 17.6 Å². The molecule has 0 saturated heterocycles. The van der Waals surface area contributed by atoms with E-state index in [-0.39, 0.29) is 24.4 Å². The van der Waals surface area contributed by atoms with Crippen LogP contribution >= 0.6 is 0 Å². The topological polar surface area (TPSA) is 46.3 Å². The van der Waals surface area contributed by atoms with E-state index in [9.17, 15) is 18.0 Å². The zero-order valence-electron chi connectivity index (χ0n) is 12.5. The van der Waals surface area contributed by atoms with Gasteiger partial charge in [-0.05, 0) is 38.5 Å². The Hall–Kier alpha value is -0.780. The molecule has 2 aliphatic carbocycles. The van der Waals surface area contributed by atoms with Gasteiger partial charge in [0.15, 0.2) is 0 Å². The first kappa shape index (κ1) is 16.6. The van der Waals surface area contributed by atoms with E-state index in [0.29, 0.717) is 19.3 Å². The van der Waals surface area contributed by atoms with Gasteiger partial charge >= 0.3 is 6.18 Å². The SMILES string of the molecule is CN(C(=O)C1CCCCC1C(F)(F)F)C1CCC(N)CC1. The van der Waals surface area contributed by atoms with E-state index in [0.717, 1.165) is 25.7 Å². The van der Waals surface area contributed by atoms with Crippen LogP contribution in [0.2, 0.25) is 0 Å². The summed E-state index contributed by atoms with van der Waals surface area (Å²) in [5, 5.41) is 0. The quantitative estimate of drug-likeness (QED) is 0.852. The molecule has 2 saturated carbocycles. The molecule has 0 bridgehead atoms. The number of alkyl halides is 3. The Balaban J connectivity index is 2.03. The number of hydrogen-bond acceptors (Lipinski definition) is 2. The summed E-state index contributed by atoms with van der Waals surface area (Å²) in [7, 11) is 1.66. The van der Waals surface area contributed by atoms with Crippen LogP contribution in [0.25, 0.3) is 0 Å². The number of nitrogens with zero attached hydrogens (tertiary/aromatic N) is 1. The van der Waals surface area contributed by atoms with Gasteiger partial charge in [0.05, 0.1) is 5.92 Å². The van der Waals surface area contributed by atoms with Gasteiger partial charge < -0.3 is 10.6 Å². The van der Waals surface area contributed by atoms with Crippen LogP contribution < -0.4 is 5.73 Å². The molecule has 0 aromatic rings. The second-order valence-electron chi connectivity index (χ2n) is 6.56. The molecule has 6 heteroatoms. The van der Waals surface area contributed by atoms with Gasteiger partial charge in [-0.3, -0.25) is 4.79 Å². The van der Waals surface area contributed by atoms with Gasteiger partial charge in [-0.15, -0.1) is 0 Å². The predicted octanol–water partition coefficient (Wildman–Crippen LogP) is 3.08. The van der Waals surface area contributed by atoms with Crippen LogP contribution in [0.3, 0.4) is 0 Å². The smallest absolute Gasteiger partial charge is 0.343 e. The number of amides is 1. The van der Waals surface area contributed by atoms with Gasteiger partial charge in [-0.1, -0.05) is 12.8 Å². The summed E-state index contributed by atoms with van der Waals surface area (Å²) in [6, 6.07) is 0.218. The van der Waals surface area contributed by atoms with Crippen LogP contribution in [0.4, 0.5) is 13.2 Å². The first-order valence-electron chi connectivity index (χ1n) is 7.89. The highest BCUT2D eigenvalue weighted by Crippen LogP contribution is 2.42. The molecule has 2 rings (SSSR count). The Morgan fingerprint density at radius 2 is 1.62 bits per heavy atom. The second-order valence-corrected chi connectivity index (χ2v) is 6.56. The van der Waals surface area contributed by atoms with E-state index in [1.165, 1.54) is 0 Å². The van der Waals surface area contributed by atoms with E-state index in [1.807, 2.05) is 0 Å². The van der Waals surface area contributed by atoms with Crippen molar-refractivity contribution < 1.29 is 18.0 Å². The fraction of sp³-hybridized carbons (Fsp3) is 0.933. The summed E-state index contributed by atoms with van der Waals surface area (Å²) in [6.07, 6.45) is 0.743. The fourth-order valence-corrected chi connectivity index (χ4v) is 3.75. The molecule has 0 radical (unpaired) electrons. The van der Waals surface area contributed by atoms with Gasteiger partial charge in [0.25, 0.3) is 0 Å². The lowest BCUT2D eigenvalue weighted by Crippen LogP contribution is -2.48. The van der Waals surface area contributed by atoms with E-state index >= 15 is 0 Å². The standard InChI is InChI=1S/C15H25F3N2O/c1-20(11-8-6-10(19)7-9-11)14(21)12-4-2-3-5-13(12)15(16,17)18/h10-13H,2-9,19H2,1H3. The third-order valence-electron chi connectivity index (χ3n) is 5.14. The summed E-state index contributed by atoms with van der Waals surface area (Å²) in [4.78, 5) is 14.1. The average molecular weight is 306 g/mol. The first-order chi connectivity index (χ1) is 9.80. The molecule has 3 nitrogen and oxygen atoms in total. The molecule has 122 valence electrons. The normalized spacial score (nSPS) is 34.5. The fourth-order valence-electron chi connectivity index (χ4n) is 3.75. The van der Waals surface area contributed by atoms with Gasteiger partial charge in [0, 0.05) is 25.0 Å². The van der Waals surface area contributed by atoms with Crippen molar-refractivity contribution in [2.75, 3.05) is 7.05 Å². The first-order valence-corrected chi connectivity index (χ1v) is 7.89. The molecule has 0 aromatic carbocycles. The number of carbonyl (C=O) groups excluding carboxylic acids is 1. The molecule has 1 amide bonds. The number of hydrogen-bond donors (Lipinski definition) is 1. The molecule has 0 heterocycles. The molecule has 2 atom stereocenters. The molecule has 0 aromatic heterocycles. The molecule has 2 unspecified atom stereocenters. The van der Waals surface area contributed by atoms with Gasteiger partial charge in [0.1, 0.15) is 0 Å². The highest BCUT2D eigenvalue weighted by Gasteiger charge is 2.49. The number of carbonyl (C=O) groups is 1. The minimum absolute atomic E-state index is 0.0492. The Labute approximate surface area is 124 Å². The lowest BCUT2D eigenvalue weighted by Gasteiger charge is -2.39. The van der Waals surface area contributed by atoms with Crippen LogP contribution in [0.15, 0.2) is 0 Å². The van der Waals surface area contributed by atoms with Crippen LogP contribution in [0.5, 0.6) is 0 Å². The lowest BCUT2D eigenvalue weighted by atomic mass is 9.77. The van der Waals surface area contributed by atoms with Crippen molar-refractivity contribution in [3.8, 4) is 0 Å². The summed E-state index contributed by atoms with van der Waals surface area (Å²) in [6.45, 7) is 0. The van der Waals surface area contributed by atoms with Gasteiger partial charge in [0.2, 0.25) is 5.91 Å². The summed E-state index contributed by atoms with van der Waals surface area (Å²) in [5.74, 6) is -2.68. The van der Waals surface area contributed by atoms with Crippen molar-refractivity contribution in [3.63, 3.8) is 0 Å². The highest BCUT2D eigenvalue weighted by molar-refractivity contribution is 5.79. The molecular weight excluding hydrogens is 281 g/mol. The molecule has 2 fully saturated rings. The summed E-state index contributed by atoms with van der Waals surface area (Å²) in [5.41, 5.74) is 5.84. The number of rotatable bonds is 2. The van der Waals surface area contributed by atoms with Crippen molar-refractivity contribution >= 4 is 5.91 Å². The van der Waals surface area contributed by atoms with Crippen LogP contribution in [-0.2, 0) is 4.79 Å². The van der Waals surface area contributed by atoms with E-state index in [1.54, 1.807) is 11.9 Å². The summed E-state index contributed by atoms with van der Waals surface area (Å²) < 4.78 is 39.4.